The van der Waals surface area contributed by atoms with Crippen LogP contribution >= 0.6 is 0 Å². The summed E-state index contributed by atoms with van der Waals surface area (Å²) in [6, 6.07) is 10.0. The fraction of sp³-hybridized carbons (Fsp3) is 0.412. The zero-order valence-electron chi connectivity index (χ0n) is 12.0. The van der Waals surface area contributed by atoms with Gasteiger partial charge in [0.1, 0.15) is 6.54 Å². The molecular formula is C17H19N3O. The van der Waals surface area contributed by atoms with Gasteiger partial charge >= 0.3 is 0 Å². The van der Waals surface area contributed by atoms with Gasteiger partial charge in [-0.2, -0.15) is 5.26 Å². The van der Waals surface area contributed by atoms with Gasteiger partial charge in [0.2, 0.25) is 5.91 Å². The predicted octanol–water partition coefficient (Wildman–Crippen LogP) is 2.96. The van der Waals surface area contributed by atoms with Crippen molar-refractivity contribution in [3.05, 3.63) is 36.0 Å². The fourth-order valence-corrected chi connectivity index (χ4v) is 3.13. The second-order valence-corrected chi connectivity index (χ2v) is 5.70. The Morgan fingerprint density at radius 1 is 1.29 bits per heavy atom. The fourth-order valence-electron chi connectivity index (χ4n) is 3.13. The summed E-state index contributed by atoms with van der Waals surface area (Å²) in [5.74, 6) is 0.0572. The van der Waals surface area contributed by atoms with Crippen molar-refractivity contribution in [2.45, 2.75) is 44.7 Å². The van der Waals surface area contributed by atoms with Gasteiger partial charge < -0.3 is 9.88 Å². The van der Waals surface area contributed by atoms with Crippen molar-refractivity contribution in [2.75, 3.05) is 0 Å². The first-order chi connectivity index (χ1) is 10.3. The van der Waals surface area contributed by atoms with Crippen LogP contribution in [-0.4, -0.2) is 16.5 Å². The number of hydrogen-bond acceptors (Lipinski definition) is 2. The average Bonchev–Trinajstić information content (AvgIpc) is 2.91. The molecule has 1 aromatic carbocycles. The van der Waals surface area contributed by atoms with Crippen LogP contribution in [0.1, 0.15) is 37.7 Å². The van der Waals surface area contributed by atoms with E-state index >= 15 is 0 Å². The van der Waals surface area contributed by atoms with Gasteiger partial charge in [0, 0.05) is 23.1 Å². The number of fused-ring (bicyclic) bond motifs is 1. The maximum Gasteiger partial charge on any atom is 0.240 e. The highest BCUT2D eigenvalue weighted by molar-refractivity contribution is 5.87. The van der Waals surface area contributed by atoms with Gasteiger partial charge in [-0.15, -0.1) is 0 Å². The second kappa shape index (κ2) is 6.01. The molecule has 0 bridgehead atoms. The number of nitriles is 1. The minimum absolute atomic E-state index is 0.0572. The third-order valence-corrected chi connectivity index (χ3v) is 4.22. The first-order valence-corrected chi connectivity index (χ1v) is 7.55. The molecule has 108 valence electrons. The third-order valence-electron chi connectivity index (χ3n) is 4.22. The molecule has 0 saturated heterocycles. The molecule has 1 aliphatic rings. The highest BCUT2D eigenvalue weighted by Crippen LogP contribution is 2.20. The maximum atomic E-state index is 12.2. The summed E-state index contributed by atoms with van der Waals surface area (Å²) >= 11 is 0. The van der Waals surface area contributed by atoms with Crippen LogP contribution in [0, 0.1) is 11.3 Å². The monoisotopic (exact) mass is 281 g/mol. The highest BCUT2D eigenvalue weighted by atomic mass is 16.2. The molecule has 1 N–H and O–H groups in total. The molecule has 2 aromatic rings. The molecular weight excluding hydrogens is 262 g/mol. The number of rotatable bonds is 3. The Bertz CT molecular complexity index is 690. The van der Waals surface area contributed by atoms with Crippen molar-refractivity contribution in [2.24, 2.45) is 0 Å². The topological polar surface area (TPSA) is 57.8 Å². The molecule has 1 aliphatic carbocycles. The molecule has 0 unspecified atom stereocenters. The van der Waals surface area contributed by atoms with E-state index in [4.69, 9.17) is 5.26 Å². The summed E-state index contributed by atoms with van der Waals surface area (Å²) in [4.78, 5) is 12.2. The van der Waals surface area contributed by atoms with Crippen molar-refractivity contribution < 1.29 is 4.79 Å². The molecule has 1 heterocycles. The van der Waals surface area contributed by atoms with Crippen molar-refractivity contribution in [3.8, 4) is 6.07 Å². The quantitative estimate of drug-likeness (QED) is 0.940. The number of aromatic nitrogens is 1. The normalized spacial score (nSPS) is 15.8. The van der Waals surface area contributed by atoms with E-state index in [2.05, 4.69) is 11.4 Å². The van der Waals surface area contributed by atoms with Crippen LogP contribution < -0.4 is 5.32 Å². The lowest BCUT2D eigenvalue weighted by Gasteiger charge is -2.22. The summed E-state index contributed by atoms with van der Waals surface area (Å²) < 4.78 is 1.91. The molecule has 3 rings (SSSR count). The number of nitrogens with zero attached hydrogens (tertiary/aromatic N) is 2. The molecule has 1 aromatic heterocycles. The van der Waals surface area contributed by atoms with E-state index in [1.54, 1.807) is 6.07 Å². The summed E-state index contributed by atoms with van der Waals surface area (Å²) in [7, 11) is 0. The summed E-state index contributed by atoms with van der Waals surface area (Å²) in [6.45, 7) is 0.314. The van der Waals surface area contributed by atoms with Crippen molar-refractivity contribution in [3.63, 3.8) is 0 Å². The van der Waals surface area contributed by atoms with Crippen LogP contribution in [-0.2, 0) is 11.3 Å². The van der Waals surface area contributed by atoms with Crippen molar-refractivity contribution >= 4 is 16.8 Å². The van der Waals surface area contributed by atoms with Crippen molar-refractivity contribution in [1.82, 2.24) is 9.88 Å². The number of amides is 1. The van der Waals surface area contributed by atoms with Crippen LogP contribution in [0.2, 0.25) is 0 Å². The number of nitrogens with one attached hydrogen (secondary N) is 1. The van der Waals surface area contributed by atoms with Crippen LogP contribution in [0.3, 0.4) is 0 Å². The number of carbonyl (C=O) groups is 1. The molecule has 0 atom stereocenters. The zero-order valence-corrected chi connectivity index (χ0v) is 12.0. The molecule has 1 fully saturated rings. The van der Waals surface area contributed by atoms with Crippen LogP contribution in [0.15, 0.2) is 30.5 Å². The lowest BCUT2D eigenvalue weighted by Crippen LogP contribution is -2.38. The molecule has 4 nitrogen and oxygen atoms in total. The van der Waals surface area contributed by atoms with Gasteiger partial charge in [-0.1, -0.05) is 25.3 Å². The van der Waals surface area contributed by atoms with Crippen LogP contribution in [0.25, 0.3) is 10.9 Å². The van der Waals surface area contributed by atoms with E-state index in [0.717, 1.165) is 23.7 Å². The van der Waals surface area contributed by atoms with E-state index in [1.807, 2.05) is 29.0 Å². The van der Waals surface area contributed by atoms with E-state index in [9.17, 15) is 4.79 Å². The predicted molar refractivity (Wildman–Crippen MR) is 81.7 cm³/mol. The van der Waals surface area contributed by atoms with Gasteiger partial charge in [-0.25, -0.2) is 0 Å². The van der Waals surface area contributed by atoms with Crippen LogP contribution in [0.5, 0.6) is 0 Å². The standard InChI is InChI=1S/C17H19N3O/c18-11-13-5-4-8-16-15(13)9-10-20(16)12-17(21)19-14-6-2-1-3-7-14/h4-5,8-10,14H,1-3,6-7,12H2,(H,19,21). The minimum Gasteiger partial charge on any atom is -0.352 e. The largest absolute Gasteiger partial charge is 0.352 e. The summed E-state index contributed by atoms with van der Waals surface area (Å²) in [5.41, 5.74) is 1.59. The van der Waals surface area contributed by atoms with Gasteiger partial charge in [0.15, 0.2) is 0 Å². The smallest absolute Gasteiger partial charge is 0.240 e. The van der Waals surface area contributed by atoms with Gasteiger partial charge in [-0.05, 0) is 31.0 Å². The highest BCUT2D eigenvalue weighted by Gasteiger charge is 2.16. The molecule has 21 heavy (non-hydrogen) atoms. The first kappa shape index (κ1) is 13.7. The summed E-state index contributed by atoms with van der Waals surface area (Å²) in [5, 5.41) is 13.1. The number of benzene rings is 1. The van der Waals surface area contributed by atoms with Gasteiger partial charge in [0.25, 0.3) is 0 Å². The lowest BCUT2D eigenvalue weighted by atomic mass is 9.95. The molecule has 0 aliphatic heterocycles. The Labute approximate surface area is 124 Å². The Balaban J connectivity index is 1.73. The maximum absolute atomic E-state index is 12.2. The van der Waals surface area contributed by atoms with E-state index in [0.29, 0.717) is 18.2 Å². The Morgan fingerprint density at radius 2 is 2.10 bits per heavy atom. The Hall–Kier alpha value is -2.28. The average molecular weight is 281 g/mol. The molecule has 0 radical (unpaired) electrons. The third kappa shape index (κ3) is 2.92. The Morgan fingerprint density at radius 3 is 2.86 bits per heavy atom. The van der Waals surface area contributed by atoms with Gasteiger partial charge in [-0.3, -0.25) is 4.79 Å². The van der Waals surface area contributed by atoms with E-state index in [1.165, 1.54) is 19.3 Å². The number of carbonyl (C=O) groups excluding carboxylic acids is 1. The summed E-state index contributed by atoms with van der Waals surface area (Å²) in [6.07, 6.45) is 7.77. The van der Waals surface area contributed by atoms with E-state index < -0.39 is 0 Å². The second-order valence-electron chi connectivity index (χ2n) is 5.70. The zero-order chi connectivity index (χ0) is 14.7. The molecule has 4 heteroatoms. The minimum atomic E-state index is 0.0572. The van der Waals surface area contributed by atoms with Crippen molar-refractivity contribution in [1.29, 1.82) is 5.26 Å². The molecule has 0 spiro atoms. The lowest BCUT2D eigenvalue weighted by molar-refractivity contribution is -0.122. The SMILES string of the molecule is N#Cc1cccc2c1ccn2CC(=O)NC1CCCCC1. The molecule has 1 saturated carbocycles. The van der Waals surface area contributed by atoms with Crippen LogP contribution in [0.4, 0.5) is 0 Å². The number of hydrogen-bond donors (Lipinski definition) is 1. The molecule has 1 amide bonds. The van der Waals surface area contributed by atoms with Gasteiger partial charge in [0.05, 0.1) is 11.6 Å². The Kier molecular flexibility index (Phi) is 3.92. The first-order valence-electron chi connectivity index (χ1n) is 7.55. The van der Waals surface area contributed by atoms with E-state index in [-0.39, 0.29) is 5.91 Å².